The molecule has 138 valence electrons. The number of aromatic amines is 1. The Morgan fingerprint density at radius 3 is 2.67 bits per heavy atom. The number of nitrogens with one attached hydrogen (secondary N) is 2. The minimum absolute atomic E-state index is 0.0125. The maximum absolute atomic E-state index is 12.8. The number of fused-ring (bicyclic) bond motifs is 1. The molecule has 0 bridgehead atoms. The number of benzene rings is 2. The molecule has 27 heavy (non-hydrogen) atoms. The van der Waals surface area contributed by atoms with Gasteiger partial charge in [-0.2, -0.15) is 0 Å². The summed E-state index contributed by atoms with van der Waals surface area (Å²) in [6.45, 7) is 0.461. The van der Waals surface area contributed by atoms with Gasteiger partial charge in [0.15, 0.2) is 0 Å². The predicted octanol–water partition coefficient (Wildman–Crippen LogP) is 2.44. The van der Waals surface area contributed by atoms with Crippen LogP contribution in [0.2, 0.25) is 0 Å². The van der Waals surface area contributed by atoms with E-state index < -0.39 is 0 Å². The topological polar surface area (TPSA) is 78.1 Å². The number of H-pyrrole nitrogens is 1. The molecule has 1 aliphatic rings. The van der Waals surface area contributed by atoms with Crippen molar-refractivity contribution >= 4 is 22.8 Å². The summed E-state index contributed by atoms with van der Waals surface area (Å²) in [4.78, 5) is 34.2. The number of aromatic nitrogens is 2. The van der Waals surface area contributed by atoms with Crippen molar-refractivity contribution in [1.29, 1.82) is 0 Å². The van der Waals surface area contributed by atoms with Crippen LogP contribution < -0.4 is 5.32 Å². The Morgan fingerprint density at radius 1 is 1.22 bits per heavy atom. The highest BCUT2D eigenvalue weighted by molar-refractivity contribution is 5.89. The lowest BCUT2D eigenvalue weighted by Gasteiger charge is -2.19. The largest absolute Gasteiger partial charge is 0.346 e. The van der Waals surface area contributed by atoms with Crippen molar-refractivity contribution in [3.8, 4) is 0 Å². The number of carbonyl (C=O) groups is 2. The summed E-state index contributed by atoms with van der Waals surface area (Å²) in [5.74, 6) is 0.323. The standard InChI is InChI=1S/C21H22N4O2/c1-25-13-15(12-19(25)26)21(27)24-18(11-14-7-3-2-4-8-14)20-22-16-9-5-6-10-17(16)23-20/h2-10,15,18H,11-13H2,1H3,(H,22,23)(H,24,27)/t15-,18-/m0/s1. The summed E-state index contributed by atoms with van der Waals surface area (Å²) in [6.07, 6.45) is 0.892. The average Bonchev–Trinajstić information content (AvgIpc) is 3.25. The molecule has 0 saturated carbocycles. The van der Waals surface area contributed by atoms with Crippen molar-refractivity contribution in [2.45, 2.75) is 18.9 Å². The normalized spacial score (nSPS) is 18.0. The monoisotopic (exact) mass is 362 g/mol. The fourth-order valence-electron chi connectivity index (χ4n) is 3.53. The quantitative estimate of drug-likeness (QED) is 0.732. The molecule has 1 fully saturated rings. The van der Waals surface area contributed by atoms with Crippen molar-refractivity contribution in [2.24, 2.45) is 5.92 Å². The van der Waals surface area contributed by atoms with Crippen LogP contribution in [-0.4, -0.2) is 40.3 Å². The van der Waals surface area contributed by atoms with Gasteiger partial charge in [-0.3, -0.25) is 9.59 Å². The average molecular weight is 362 g/mol. The van der Waals surface area contributed by atoms with E-state index >= 15 is 0 Å². The first-order valence-electron chi connectivity index (χ1n) is 9.13. The van der Waals surface area contributed by atoms with Crippen LogP contribution in [0.25, 0.3) is 11.0 Å². The number of carbonyl (C=O) groups excluding carboxylic acids is 2. The van der Waals surface area contributed by atoms with E-state index in [0.29, 0.717) is 13.0 Å². The van der Waals surface area contributed by atoms with E-state index in [2.05, 4.69) is 15.3 Å². The first-order valence-corrected chi connectivity index (χ1v) is 9.13. The highest BCUT2D eigenvalue weighted by Crippen LogP contribution is 2.22. The molecular weight excluding hydrogens is 340 g/mol. The number of imidazole rings is 1. The molecule has 2 atom stereocenters. The Bertz CT molecular complexity index is 933. The van der Waals surface area contributed by atoms with E-state index in [0.717, 1.165) is 22.4 Å². The van der Waals surface area contributed by atoms with Gasteiger partial charge in [-0.1, -0.05) is 42.5 Å². The lowest BCUT2D eigenvalue weighted by atomic mass is 10.0. The van der Waals surface area contributed by atoms with Crippen LogP contribution in [0, 0.1) is 5.92 Å². The first kappa shape index (κ1) is 17.3. The second-order valence-corrected chi connectivity index (χ2v) is 7.07. The Kier molecular flexibility index (Phi) is 4.62. The van der Waals surface area contributed by atoms with Gasteiger partial charge >= 0.3 is 0 Å². The van der Waals surface area contributed by atoms with Gasteiger partial charge in [-0.25, -0.2) is 4.98 Å². The predicted molar refractivity (Wildman–Crippen MR) is 103 cm³/mol. The van der Waals surface area contributed by atoms with Gasteiger partial charge < -0.3 is 15.2 Å². The third-order valence-corrected chi connectivity index (χ3v) is 5.05. The van der Waals surface area contributed by atoms with E-state index in [9.17, 15) is 9.59 Å². The van der Waals surface area contributed by atoms with Crippen LogP contribution in [0.4, 0.5) is 0 Å². The molecule has 0 unspecified atom stereocenters. The van der Waals surface area contributed by atoms with Crippen molar-refractivity contribution in [3.63, 3.8) is 0 Å². The van der Waals surface area contributed by atoms with Gasteiger partial charge in [-0.15, -0.1) is 0 Å². The van der Waals surface area contributed by atoms with Crippen LogP contribution in [0.1, 0.15) is 23.9 Å². The van der Waals surface area contributed by atoms with Crippen LogP contribution in [0.15, 0.2) is 54.6 Å². The van der Waals surface area contributed by atoms with Gasteiger partial charge in [0, 0.05) is 20.0 Å². The molecule has 6 nitrogen and oxygen atoms in total. The van der Waals surface area contributed by atoms with Gasteiger partial charge in [0.2, 0.25) is 11.8 Å². The highest BCUT2D eigenvalue weighted by Gasteiger charge is 2.33. The minimum atomic E-state index is -0.315. The number of hydrogen-bond acceptors (Lipinski definition) is 3. The lowest BCUT2D eigenvalue weighted by Crippen LogP contribution is -2.36. The summed E-state index contributed by atoms with van der Waals surface area (Å²) >= 11 is 0. The van der Waals surface area contributed by atoms with E-state index in [1.54, 1.807) is 11.9 Å². The Morgan fingerprint density at radius 2 is 1.96 bits per heavy atom. The van der Waals surface area contributed by atoms with Crippen molar-refractivity contribution in [2.75, 3.05) is 13.6 Å². The van der Waals surface area contributed by atoms with Crippen LogP contribution in [0.3, 0.4) is 0 Å². The second kappa shape index (κ2) is 7.23. The zero-order valence-electron chi connectivity index (χ0n) is 15.2. The summed E-state index contributed by atoms with van der Waals surface area (Å²) in [5.41, 5.74) is 2.93. The second-order valence-electron chi connectivity index (χ2n) is 7.07. The van der Waals surface area contributed by atoms with E-state index in [4.69, 9.17) is 0 Å². The Balaban J connectivity index is 1.59. The maximum Gasteiger partial charge on any atom is 0.226 e. The van der Waals surface area contributed by atoms with Crippen LogP contribution in [0.5, 0.6) is 0 Å². The third kappa shape index (κ3) is 3.69. The molecule has 1 aliphatic heterocycles. The number of nitrogens with zero attached hydrogens (tertiary/aromatic N) is 2. The number of para-hydroxylation sites is 2. The molecule has 4 rings (SSSR count). The fourth-order valence-corrected chi connectivity index (χ4v) is 3.53. The molecule has 1 aromatic heterocycles. The SMILES string of the molecule is CN1C[C@@H](C(=O)N[C@@H](Cc2ccccc2)c2nc3ccccc3[nH]2)CC1=O. The van der Waals surface area contributed by atoms with Crippen molar-refractivity contribution < 1.29 is 9.59 Å². The van der Waals surface area contributed by atoms with Gasteiger partial charge in [0.05, 0.1) is 23.0 Å². The maximum atomic E-state index is 12.8. The zero-order chi connectivity index (χ0) is 18.8. The molecular formula is C21H22N4O2. The van der Waals surface area contributed by atoms with Crippen molar-refractivity contribution in [3.05, 3.63) is 66.0 Å². The van der Waals surface area contributed by atoms with Gasteiger partial charge in [0.1, 0.15) is 5.82 Å². The number of likely N-dealkylation sites (tertiary alicyclic amines) is 1. The molecule has 6 heteroatoms. The zero-order valence-corrected chi connectivity index (χ0v) is 15.2. The molecule has 2 N–H and O–H groups in total. The lowest BCUT2D eigenvalue weighted by molar-refractivity contribution is -0.128. The summed E-state index contributed by atoms with van der Waals surface area (Å²) in [7, 11) is 1.73. The summed E-state index contributed by atoms with van der Waals surface area (Å²) in [6, 6.07) is 17.5. The fraction of sp³-hybridized carbons (Fsp3) is 0.286. The number of amides is 2. The van der Waals surface area contributed by atoms with E-state index in [1.165, 1.54) is 0 Å². The number of hydrogen-bond donors (Lipinski definition) is 2. The van der Waals surface area contributed by atoms with Crippen LogP contribution >= 0.6 is 0 Å². The minimum Gasteiger partial charge on any atom is -0.346 e. The Hall–Kier alpha value is -3.15. The van der Waals surface area contributed by atoms with Crippen LogP contribution in [-0.2, 0) is 16.0 Å². The van der Waals surface area contributed by atoms with E-state index in [-0.39, 0.29) is 30.2 Å². The van der Waals surface area contributed by atoms with Gasteiger partial charge in [0.25, 0.3) is 0 Å². The Labute approximate surface area is 157 Å². The molecule has 0 aliphatic carbocycles. The molecule has 2 amide bonds. The molecule has 1 saturated heterocycles. The first-order chi connectivity index (χ1) is 13.1. The molecule has 0 spiro atoms. The third-order valence-electron chi connectivity index (χ3n) is 5.05. The highest BCUT2D eigenvalue weighted by atomic mass is 16.2. The summed E-state index contributed by atoms with van der Waals surface area (Å²) in [5, 5.41) is 3.11. The summed E-state index contributed by atoms with van der Waals surface area (Å²) < 4.78 is 0. The van der Waals surface area contributed by atoms with Gasteiger partial charge in [-0.05, 0) is 24.1 Å². The van der Waals surface area contributed by atoms with Crippen molar-refractivity contribution in [1.82, 2.24) is 20.2 Å². The smallest absolute Gasteiger partial charge is 0.226 e. The molecule has 3 aromatic rings. The molecule has 2 heterocycles. The van der Waals surface area contributed by atoms with E-state index in [1.807, 2.05) is 54.6 Å². The molecule has 0 radical (unpaired) electrons. The molecule has 2 aromatic carbocycles. The number of rotatable bonds is 5.